The quantitative estimate of drug-likeness (QED) is 0.892. The van der Waals surface area contributed by atoms with Gasteiger partial charge in [0.2, 0.25) is 0 Å². The zero-order valence-electron chi connectivity index (χ0n) is 11.6. The Morgan fingerprint density at radius 1 is 1.50 bits per heavy atom. The smallest absolute Gasteiger partial charge is 0.130 e. The number of benzene rings is 1. The summed E-state index contributed by atoms with van der Waals surface area (Å²) in [6, 6.07) is 7.68. The lowest BCUT2D eigenvalue weighted by Gasteiger charge is -2.24. The number of rotatable bonds is 2. The normalized spacial score (nSPS) is 24.9. The highest BCUT2D eigenvalue weighted by Gasteiger charge is 2.41. The minimum absolute atomic E-state index is 0.132. The van der Waals surface area contributed by atoms with E-state index >= 15 is 0 Å². The topological polar surface area (TPSA) is 64.1 Å². The first-order valence-corrected chi connectivity index (χ1v) is 7.05. The van der Waals surface area contributed by atoms with Gasteiger partial charge in [0.1, 0.15) is 5.15 Å². The molecule has 1 aliphatic rings. The summed E-state index contributed by atoms with van der Waals surface area (Å²) >= 11 is 6.28. The zero-order valence-corrected chi connectivity index (χ0v) is 12.4. The number of hydrogen-bond donors (Lipinski definition) is 2. The van der Waals surface area contributed by atoms with Crippen molar-refractivity contribution in [3.8, 4) is 0 Å². The van der Waals surface area contributed by atoms with Crippen molar-refractivity contribution in [3.05, 3.63) is 51.8 Å². The molecule has 0 spiro atoms. The molecule has 1 aromatic heterocycles. The maximum atomic E-state index is 11.0. The standard InChI is InChI=1S/C15H18ClN3O/c1-9-11(14(16)19(2)18-9)7-15(20)8-13(17)10-5-3-4-6-12(10)15/h3-6,13,20H,7-8,17H2,1-2H3. The van der Waals surface area contributed by atoms with Gasteiger partial charge in [-0.25, -0.2) is 0 Å². The fourth-order valence-electron chi connectivity index (χ4n) is 3.16. The molecule has 0 radical (unpaired) electrons. The lowest BCUT2D eigenvalue weighted by molar-refractivity contribution is 0.0340. The van der Waals surface area contributed by atoms with Crippen LogP contribution in [0.2, 0.25) is 5.15 Å². The van der Waals surface area contributed by atoms with Gasteiger partial charge >= 0.3 is 0 Å². The van der Waals surface area contributed by atoms with Crippen molar-refractivity contribution in [1.29, 1.82) is 0 Å². The summed E-state index contributed by atoms with van der Waals surface area (Å²) in [5, 5.41) is 15.9. The van der Waals surface area contributed by atoms with E-state index in [-0.39, 0.29) is 6.04 Å². The van der Waals surface area contributed by atoms with E-state index in [0.29, 0.717) is 18.0 Å². The van der Waals surface area contributed by atoms with E-state index < -0.39 is 5.60 Å². The lowest BCUT2D eigenvalue weighted by atomic mass is 9.89. The molecule has 2 aromatic rings. The molecule has 0 fully saturated rings. The van der Waals surface area contributed by atoms with Gasteiger partial charge in [-0.15, -0.1) is 0 Å². The van der Waals surface area contributed by atoms with Gasteiger partial charge in [-0.1, -0.05) is 35.9 Å². The van der Waals surface area contributed by atoms with E-state index in [1.807, 2.05) is 31.2 Å². The maximum absolute atomic E-state index is 11.0. The van der Waals surface area contributed by atoms with Crippen LogP contribution in [-0.4, -0.2) is 14.9 Å². The van der Waals surface area contributed by atoms with Gasteiger partial charge in [-0.05, 0) is 24.5 Å². The van der Waals surface area contributed by atoms with Crippen LogP contribution in [0.1, 0.15) is 34.8 Å². The van der Waals surface area contributed by atoms with E-state index in [1.54, 1.807) is 11.7 Å². The van der Waals surface area contributed by atoms with Crippen LogP contribution in [0.15, 0.2) is 24.3 Å². The third-order valence-corrected chi connectivity index (χ3v) is 4.63. The average Bonchev–Trinajstić information content (AvgIpc) is 2.80. The van der Waals surface area contributed by atoms with E-state index in [2.05, 4.69) is 5.10 Å². The fraction of sp³-hybridized carbons (Fsp3) is 0.400. The monoisotopic (exact) mass is 291 g/mol. The molecule has 0 saturated heterocycles. The third kappa shape index (κ3) is 1.95. The molecule has 1 heterocycles. The molecule has 2 atom stereocenters. The van der Waals surface area contributed by atoms with Crippen molar-refractivity contribution in [2.45, 2.75) is 31.4 Å². The van der Waals surface area contributed by atoms with Gasteiger partial charge in [-0.3, -0.25) is 4.68 Å². The summed E-state index contributed by atoms with van der Waals surface area (Å²) in [5.41, 5.74) is 8.85. The van der Waals surface area contributed by atoms with E-state index in [9.17, 15) is 5.11 Å². The van der Waals surface area contributed by atoms with Gasteiger partial charge in [0, 0.05) is 25.1 Å². The number of fused-ring (bicyclic) bond motifs is 1. The van der Waals surface area contributed by atoms with E-state index in [0.717, 1.165) is 22.4 Å². The minimum atomic E-state index is -0.965. The molecule has 106 valence electrons. The zero-order chi connectivity index (χ0) is 14.5. The Kier molecular flexibility index (Phi) is 3.12. The van der Waals surface area contributed by atoms with Crippen molar-refractivity contribution in [2.24, 2.45) is 12.8 Å². The predicted molar refractivity (Wildman–Crippen MR) is 78.5 cm³/mol. The minimum Gasteiger partial charge on any atom is -0.385 e. The van der Waals surface area contributed by atoms with E-state index in [1.165, 1.54) is 0 Å². The number of aliphatic hydroxyl groups is 1. The number of aryl methyl sites for hydroxylation is 2. The number of aromatic nitrogens is 2. The van der Waals surface area contributed by atoms with E-state index in [4.69, 9.17) is 17.3 Å². The number of hydrogen-bond acceptors (Lipinski definition) is 3. The first-order chi connectivity index (χ1) is 9.42. The SMILES string of the molecule is Cc1nn(C)c(Cl)c1CC1(O)CC(N)c2ccccc21. The second kappa shape index (κ2) is 4.58. The highest BCUT2D eigenvalue weighted by Crippen LogP contribution is 2.44. The Morgan fingerprint density at radius 2 is 2.20 bits per heavy atom. The molecule has 0 bridgehead atoms. The molecule has 4 nitrogen and oxygen atoms in total. The van der Waals surface area contributed by atoms with Crippen LogP contribution < -0.4 is 5.73 Å². The highest BCUT2D eigenvalue weighted by molar-refractivity contribution is 6.30. The summed E-state index contributed by atoms with van der Waals surface area (Å²) in [6.45, 7) is 1.91. The lowest BCUT2D eigenvalue weighted by Crippen LogP contribution is -2.26. The van der Waals surface area contributed by atoms with Gasteiger partial charge in [0.15, 0.2) is 0 Å². The Morgan fingerprint density at radius 3 is 2.85 bits per heavy atom. The second-order valence-corrected chi connectivity index (χ2v) is 5.94. The molecule has 3 N–H and O–H groups in total. The molecule has 3 rings (SSSR count). The maximum Gasteiger partial charge on any atom is 0.130 e. The Bertz CT molecular complexity index is 667. The van der Waals surface area contributed by atoms with Crippen molar-refractivity contribution in [3.63, 3.8) is 0 Å². The summed E-state index contributed by atoms with van der Waals surface area (Å²) in [6.07, 6.45) is 0.952. The molecule has 5 heteroatoms. The van der Waals surface area contributed by atoms with Gasteiger partial charge in [0.25, 0.3) is 0 Å². The first-order valence-electron chi connectivity index (χ1n) is 6.68. The summed E-state index contributed by atoms with van der Waals surface area (Å²) in [5.74, 6) is 0. The Labute approximate surface area is 123 Å². The predicted octanol–water partition coefficient (Wildman–Crippen LogP) is 2.22. The van der Waals surface area contributed by atoms with Crippen molar-refractivity contribution in [2.75, 3.05) is 0 Å². The van der Waals surface area contributed by atoms with Gasteiger partial charge in [0.05, 0.1) is 11.3 Å². The molecule has 0 saturated carbocycles. The summed E-state index contributed by atoms with van der Waals surface area (Å²) < 4.78 is 1.64. The van der Waals surface area contributed by atoms with Crippen LogP contribution in [0.3, 0.4) is 0 Å². The fourth-order valence-corrected chi connectivity index (χ4v) is 3.40. The van der Waals surface area contributed by atoms with Gasteiger partial charge < -0.3 is 10.8 Å². The number of nitrogens with two attached hydrogens (primary N) is 1. The van der Waals surface area contributed by atoms with Crippen molar-refractivity contribution < 1.29 is 5.11 Å². The molecular formula is C15H18ClN3O. The Hall–Kier alpha value is -1.36. The van der Waals surface area contributed by atoms with Crippen LogP contribution in [-0.2, 0) is 19.1 Å². The molecular weight excluding hydrogens is 274 g/mol. The molecule has 1 aliphatic carbocycles. The second-order valence-electron chi connectivity index (χ2n) is 5.58. The molecule has 2 unspecified atom stereocenters. The molecule has 0 aliphatic heterocycles. The molecule has 0 amide bonds. The van der Waals surface area contributed by atoms with Crippen LogP contribution in [0.4, 0.5) is 0 Å². The number of nitrogens with zero attached hydrogens (tertiary/aromatic N) is 2. The van der Waals surface area contributed by atoms with Crippen LogP contribution in [0, 0.1) is 6.92 Å². The summed E-state index contributed by atoms with van der Waals surface area (Å²) in [4.78, 5) is 0. The largest absolute Gasteiger partial charge is 0.385 e. The van der Waals surface area contributed by atoms with Gasteiger partial charge in [-0.2, -0.15) is 5.10 Å². The van der Waals surface area contributed by atoms with Crippen LogP contribution in [0.5, 0.6) is 0 Å². The Balaban J connectivity index is 2.03. The highest BCUT2D eigenvalue weighted by atomic mass is 35.5. The van der Waals surface area contributed by atoms with Crippen LogP contribution >= 0.6 is 11.6 Å². The van der Waals surface area contributed by atoms with Crippen molar-refractivity contribution >= 4 is 11.6 Å². The molecule has 1 aromatic carbocycles. The first kappa shape index (κ1) is 13.6. The summed E-state index contributed by atoms with van der Waals surface area (Å²) in [7, 11) is 1.80. The van der Waals surface area contributed by atoms with Crippen LogP contribution in [0.25, 0.3) is 0 Å². The molecule has 20 heavy (non-hydrogen) atoms. The third-order valence-electron chi connectivity index (χ3n) is 4.16. The average molecular weight is 292 g/mol. The van der Waals surface area contributed by atoms with Crippen molar-refractivity contribution in [1.82, 2.24) is 9.78 Å². The number of halogens is 1.